The Morgan fingerprint density at radius 1 is 1.25 bits per heavy atom. The van der Waals surface area contributed by atoms with Crippen LogP contribution in [-0.4, -0.2) is 34.6 Å². The molecular weight excluding hydrogens is 202 g/mol. The first-order valence-corrected chi connectivity index (χ1v) is 6.51. The monoisotopic (exact) mass is 225 g/mol. The second-order valence-corrected chi connectivity index (χ2v) is 5.98. The molecule has 2 atom stereocenters. The molecule has 92 valence electrons. The van der Waals surface area contributed by atoms with Crippen molar-refractivity contribution in [2.24, 2.45) is 5.41 Å². The molecule has 16 heavy (non-hydrogen) atoms. The van der Waals surface area contributed by atoms with Crippen molar-refractivity contribution in [3.05, 3.63) is 0 Å². The third-order valence-electron chi connectivity index (χ3n) is 4.43. The summed E-state index contributed by atoms with van der Waals surface area (Å²) in [6.45, 7) is 5.58. The van der Waals surface area contributed by atoms with Crippen LogP contribution in [-0.2, 0) is 4.79 Å². The lowest BCUT2D eigenvalue weighted by atomic mass is 9.72. The number of hydrogen-bond donors (Lipinski definition) is 1. The minimum atomic E-state index is -0.626. The predicted octanol–water partition coefficient (Wildman–Crippen LogP) is 2.50. The molecule has 0 aromatic carbocycles. The van der Waals surface area contributed by atoms with Crippen LogP contribution in [0.1, 0.15) is 52.4 Å². The van der Waals surface area contributed by atoms with E-state index < -0.39 is 5.97 Å². The fourth-order valence-corrected chi connectivity index (χ4v) is 3.52. The quantitative estimate of drug-likeness (QED) is 0.785. The van der Waals surface area contributed by atoms with Gasteiger partial charge in [-0.15, -0.1) is 0 Å². The Labute approximate surface area is 97.8 Å². The summed E-state index contributed by atoms with van der Waals surface area (Å²) in [5.41, 5.74) is 0.288. The first kappa shape index (κ1) is 11.9. The molecule has 3 heteroatoms. The van der Waals surface area contributed by atoms with Gasteiger partial charge in [0.1, 0.15) is 6.04 Å². The molecule has 1 aliphatic heterocycles. The van der Waals surface area contributed by atoms with Crippen molar-refractivity contribution < 1.29 is 9.90 Å². The molecule has 0 bridgehead atoms. The second-order valence-electron chi connectivity index (χ2n) is 5.98. The summed E-state index contributed by atoms with van der Waals surface area (Å²) in [6.07, 6.45) is 6.86. The van der Waals surface area contributed by atoms with Crippen LogP contribution in [0.15, 0.2) is 0 Å². The van der Waals surface area contributed by atoms with Gasteiger partial charge in [0.05, 0.1) is 0 Å². The number of nitrogens with zero attached hydrogens (tertiary/aromatic N) is 1. The SMILES string of the molecule is CC1(C)CCCCC1N1CCCC1C(=O)O. The summed E-state index contributed by atoms with van der Waals surface area (Å²) in [7, 11) is 0. The lowest BCUT2D eigenvalue weighted by Crippen LogP contribution is -2.51. The van der Waals surface area contributed by atoms with E-state index in [1.54, 1.807) is 0 Å². The lowest BCUT2D eigenvalue weighted by molar-refractivity contribution is -0.144. The zero-order valence-electron chi connectivity index (χ0n) is 10.4. The summed E-state index contributed by atoms with van der Waals surface area (Å²) < 4.78 is 0. The van der Waals surface area contributed by atoms with Gasteiger partial charge in [-0.1, -0.05) is 26.7 Å². The van der Waals surface area contributed by atoms with E-state index in [-0.39, 0.29) is 11.5 Å². The van der Waals surface area contributed by atoms with Crippen molar-refractivity contribution in [1.82, 2.24) is 4.90 Å². The molecule has 1 heterocycles. The van der Waals surface area contributed by atoms with Gasteiger partial charge in [0.2, 0.25) is 0 Å². The van der Waals surface area contributed by atoms with Crippen LogP contribution in [0.25, 0.3) is 0 Å². The zero-order chi connectivity index (χ0) is 11.8. The molecule has 0 spiro atoms. The molecule has 1 aliphatic carbocycles. The number of hydrogen-bond acceptors (Lipinski definition) is 2. The largest absolute Gasteiger partial charge is 0.480 e. The molecule has 0 radical (unpaired) electrons. The van der Waals surface area contributed by atoms with Crippen LogP contribution < -0.4 is 0 Å². The molecular formula is C13H23NO2. The van der Waals surface area contributed by atoms with Crippen molar-refractivity contribution in [3.63, 3.8) is 0 Å². The molecule has 2 unspecified atom stereocenters. The second kappa shape index (κ2) is 4.36. The van der Waals surface area contributed by atoms with Gasteiger partial charge < -0.3 is 5.11 Å². The third kappa shape index (κ3) is 2.10. The normalized spacial score (nSPS) is 35.1. The van der Waals surface area contributed by atoms with E-state index >= 15 is 0 Å². The van der Waals surface area contributed by atoms with Crippen LogP contribution in [0.4, 0.5) is 0 Å². The molecule has 2 rings (SSSR count). The highest BCUT2D eigenvalue weighted by molar-refractivity contribution is 5.73. The van der Waals surface area contributed by atoms with E-state index in [9.17, 15) is 9.90 Å². The minimum Gasteiger partial charge on any atom is -0.480 e. The van der Waals surface area contributed by atoms with Crippen molar-refractivity contribution in [2.45, 2.75) is 64.5 Å². The number of carboxylic acid groups (broad SMARTS) is 1. The van der Waals surface area contributed by atoms with Crippen LogP contribution in [0.2, 0.25) is 0 Å². The van der Waals surface area contributed by atoms with Gasteiger partial charge in [0.15, 0.2) is 0 Å². The maximum Gasteiger partial charge on any atom is 0.320 e. The number of rotatable bonds is 2. The standard InChI is InChI=1S/C13H23NO2/c1-13(2)8-4-3-7-11(13)14-9-5-6-10(14)12(15)16/h10-11H,3-9H2,1-2H3,(H,15,16). The van der Waals surface area contributed by atoms with E-state index in [1.807, 2.05) is 0 Å². The summed E-state index contributed by atoms with van der Waals surface area (Å²) in [5, 5.41) is 9.24. The predicted molar refractivity (Wildman–Crippen MR) is 63.4 cm³/mol. The van der Waals surface area contributed by atoms with E-state index in [2.05, 4.69) is 18.7 Å². The summed E-state index contributed by atoms with van der Waals surface area (Å²) in [5.74, 6) is -0.626. The summed E-state index contributed by atoms with van der Waals surface area (Å²) in [4.78, 5) is 13.5. The van der Waals surface area contributed by atoms with Crippen molar-refractivity contribution in [3.8, 4) is 0 Å². The first-order chi connectivity index (χ1) is 7.52. The maximum absolute atomic E-state index is 11.2. The van der Waals surface area contributed by atoms with E-state index in [1.165, 1.54) is 25.7 Å². The van der Waals surface area contributed by atoms with Gasteiger partial charge in [0, 0.05) is 6.04 Å². The highest BCUT2D eigenvalue weighted by Crippen LogP contribution is 2.41. The van der Waals surface area contributed by atoms with Crippen LogP contribution in [0.5, 0.6) is 0 Å². The Balaban J connectivity index is 2.13. The molecule has 0 aromatic rings. The Morgan fingerprint density at radius 3 is 2.62 bits per heavy atom. The van der Waals surface area contributed by atoms with Gasteiger partial charge in [-0.2, -0.15) is 0 Å². The van der Waals surface area contributed by atoms with Crippen LogP contribution >= 0.6 is 0 Å². The van der Waals surface area contributed by atoms with Crippen molar-refractivity contribution in [2.75, 3.05) is 6.54 Å². The highest BCUT2D eigenvalue weighted by atomic mass is 16.4. The molecule has 1 saturated heterocycles. The Bertz CT molecular complexity index is 275. The summed E-state index contributed by atoms with van der Waals surface area (Å²) >= 11 is 0. The van der Waals surface area contributed by atoms with Crippen molar-refractivity contribution >= 4 is 5.97 Å². The molecule has 2 fully saturated rings. The number of carboxylic acids is 1. The van der Waals surface area contributed by atoms with E-state index in [0.29, 0.717) is 6.04 Å². The maximum atomic E-state index is 11.2. The molecule has 0 aromatic heterocycles. The Kier molecular flexibility index (Phi) is 3.24. The topological polar surface area (TPSA) is 40.5 Å². The van der Waals surface area contributed by atoms with Gasteiger partial charge in [-0.05, 0) is 37.6 Å². The molecule has 1 N–H and O–H groups in total. The molecule has 3 nitrogen and oxygen atoms in total. The average Bonchev–Trinajstić information content (AvgIpc) is 2.65. The van der Waals surface area contributed by atoms with Gasteiger partial charge >= 0.3 is 5.97 Å². The first-order valence-electron chi connectivity index (χ1n) is 6.51. The smallest absolute Gasteiger partial charge is 0.320 e. The number of likely N-dealkylation sites (tertiary alicyclic amines) is 1. The molecule has 2 aliphatic rings. The minimum absolute atomic E-state index is 0.220. The molecule has 0 amide bonds. The average molecular weight is 225 g/mol. The Hall–Kier alpha value is -0.570. The molecule has 1 saturated carbocycles. The van der Waals surface area contributed by atoms with E-state index in [4.69, 9.17) is 0 Å². The number of carbonyl (C=O) groups is 1. The third-order valence-corrected chi connectivity index (χ3v) is 4.43. The summed E-state index contributed by atoms with van der Waals surface area (Å²) in [6, 6.07) is 0.257. The zero-order valence-corrected chi connectivity index (χ0v) is 10.4. The van der Waals surface area contributed by atoms with E-state index in [0.717, 1.165) is 19.4 Å². The van der Waals surface area contributed by atoms with Gasteiger partial charge in [-0.3, -0.25) is 9.69 Å². The number of aliphatic carboxylic acids is 1. The van der Waals surface area contributed by atoms with Gasteiger partial charge in [0.25, 0.3) is 0 Å². The lowest BCUT2D eigenvalue weighted by Gasteiger charge is -2.45. The van der Waals surface area contributed by atoms with Crippen molar-refractivity contribution in [1.29, 1.82) is 0 Å². The van der Waals surface area contributed by atoms with Crippen LogP contribution in [0, 0.1) is 5.41 Å². The fraction of sp³-hybridized carbons (Fsp3) is 0.923. The van der Waals surface area contributed by atoms with Gasteiger partial charge in [-0.25, -0.2) is 0 Å². The highest BCUT2D eigenvalue weighted by Gasteiger charge is 2.42. The fourth-order valence-electron chi connectivity index (χ4n) is 3.52. The Morgan fingerprint density at radius 2 is 2.00 bits per heavy atom. The van der Waals surface area contributed by atoms with Crippen LogP contribution in [0.3, 0.4) is 0 Å².